The molecule has 0 fully saturated rings. The molecule has 1 N–H and O–H groups in total. The normalized spacial score (nSPS) is 12.2. The van der Waals surface area contributed by atoms with Crippen LogP contribution in [-0.2, 0) is 0 Å². The summed E-state index contributed by atoms with van der Waals surface area (Å²) >= 11 is 7.46. The van der Waals surface area contributed by atoms with E-state index in [-0.39, 0.29) is 6.04 Å². The summed E-state index contributed by atoms with van der Waals surface area (Å²) in [5.41, 5.74) is 2.51. The van der Waals surface area contributed by atoms with E-state index >= 15 is 0 Å². The molecule has 2 aromatic rings. The van der Waals surface area contributed by atoms with Gasteiger partial charge in [-0.15, -0.1) is 0 Å². The van der Waals surface area contributed by atoms with E-state index in [4.69, 9.17) is 11.6 Å². The van der Waals surface area contributed by atoms with Crippen LogP contribution in [0, 0.1) is 6.92 Å². The fraction of sp³-hybridized carbons (Fsp3) is 0.286. The Morgan fingerprint density at radius 2 is 2.00 bits per heavy atom. The van der Waals surface area contributed by atoms with Crippen LogP contribution in [0.25, 0.3) is 0 Å². The first-order valence-electron chi connectivity index (χ1n) is 6.01. The average Bonchev–Trinajstić information content (AvgIpc) is 2.38. The Balaban J connectivity index is 2.21. The van der Waals surface area contributed by atoms with Crippen molar-refractivity contribution in [2.24, 2.45) is 0 Å². The Morgan fingerprint density at radius 3 is 2.68 bits per heavy atom. The maximum absolute atomic E-state index is 5.99. The number of hydrogen-bond acceptors (Lipinski definition) is 4. The predicted molar refractivity (Wildman–Crippen MR) is 82.0 cm³/mol. The first kappa shape index (κ1) is 14.2. The van der Waals surface area contributed by atoms with Crippen molar-refractivity contribution in [3.63, 3.8) is 0 Å². The van der Waals surface area contributed by atoms with Crippen LogP contribution in [-0.4, -0.2) is 16.2 Å². The molecule has 0 saturated heterocycles. The molecule has 1 unspecified atom stereocenters. The van der Waals surface area contributed by atoms with Gasteiger partial charge in [0.05, 0.1) is 6.04 Å². The van der Waals surface area contributed by atoms with Gasteiger partial charge in [0.1, 0.15) is 11.0 Å². The Bertz CT molecular complexity index is 574. The van der Waals surface area contributed by atoms with Gasteiger partial charge in [-0.2, -0.15) is 0 Å². The topological polar surface area (TPSA) is 37.8 Å². The SMILES string of the molecule is CSc1nc(Cl)cc(NC(C)c2ccccc2C)n1. The van der Waals surface area contributed by atoms with Crippen molar-refractivity contribution in [1.82, 2.24) is 9.97 Å². The van der Waals surface area contributed by atoms with Gasteiger partial charge < -0.3 is 5.32 Å². The third-order valence-electron chi connectivity index (χ3n) is 2.88. The highest BCUT2D eigenvalue weighted by Crippen LogP contribution is 2.23. The lowest BCUT2D eigenvalue weighted by Crippen LogP contribution is -2.10. The predicted octanol–water partition coefficient (Wildman–Crippen LogP) is 4.33. The Labute approximate surface area is 122 Å². The van der Waals surface area contributed by atoms with Gasteiger partial charge in [-0.3, -0.25) is 0 Å². The minimum atomic E-state index is 0.168. The highest BCUT2D eigenvalue weighted by Gasteiger charge is 2.10. The molecule has 3 nitrogen and oxygen atoms in total. The fourth-order valence-corrected chi connectivity index (χ4v) is 2.55. The van der Waals surface area contributed by atoms with Gasteiger partial charge in [-0.1, -0.05) is 47.6 Å². The van der Waals surface area contributed by atoms with E-state index in [1.165, 1.54) is 22.9 Å². The fourth-order valence-electron chi connectivity index (χ4n) is 1.93. The largest absolute Gasteiger partial charge is 0.363 e. The van der Waals surface area contributed by atoms with Crippen LogP contribution in [0.1, 0.15) is 24.1 Å². The number of halogens is 1. The van der Waals surface area contributed by atoms with Crippen molar-refractivity contribution in [3.8, 4) is 0 Å². The zero-order valence-corrected chi connectivity index (χ0v) is 12.7. The number of aromatic nitrogens is 2. The first-order valence-corrected chi connectivity index (χ1v) is 7.61. The monoisotopic (exact) mass is 293 g/mol. The molecule has 100 valence electrons. The van der Waals surface area contributed by atoms with Crippen molar-refractivity contribution < 1.29 is 0 Å². The summed E-state index contributed by atoms with van der Waals surface area (Å²) in [6.07, 6.45) is 1.93. The van der Waals surface area contributed by atoms with E-state index in [0.29, 0.717) is 10.3 Å². The van der Waals surface area contributed by atoms with E-state index in [9.17, 15) is 0 Å². The van der Waals surface area contributed by atoms with Gasteiger partial charge in [0.25, 0.3) is 0 Å². The molecule has 0 radical (unpaired) electrons. The van der Waals surface area contributed by atoms with Gasteiger partial charge in [0.15, 0.2) is 5.16 Å². The molecule has 19 heavy (non-hydrogen) atoms. The van der Waals surface area contributed by atoms with Gasteiger partial charge in [0, 0.05) is 6.07 Å². The van der Waals surface area contributed by atoms with Crippen LogP contribution in [0.2, 0.25) is 5.15 Å². The minimum absolute atomic E-state index is 0.168. The van der Waals surface area contributed by atoms with Crippen molar-refractivity contribution in [2.45, 2.75) is 25.0 Å². The van der Waals surface area contributed by atoms with E-state index < -0.39 is 0 Å². The van der Waals surface area contributed by atoms with Crippen LogP contribution >= 0.6 is 23.4 Å². The molecule has 0 saturated carbocycles. The summed E-state index contributed by atoms with van der Waals surface area (Å²) in [5, 5.41) is 4.50. The summed E-state index contributed by atoms with van der Waals surface area (Å²) < 4.78 is 0. The highest BCUT2D eigenvalue weighted by atomic mass is 35.5. The van der Waals surface area contributed by atoms with Crippen molar-refractivity contribution >= 4 is 29.2 Å². The molecular weight excluding hydrogens is 278 g/mol. The number of anilines is 1. The summed E-state index contributed by atoms with van der Waals surface area (Å²) in [5.74, 6) is 0.750. The summed E-state index contributed by atoms with van der Waals surface area (Å²) in [6.45, 7) is 4.21. The Morgan fingerprint density at radius 1 is 1.26 bits per heavy atom. The molecule has 2 rings (SSSR count). The maximum Gasteiger partial charge on any atom is 0.190 e. The summed E-state index contributed by atoms with van der Waals surface area (Å²) in [4.78, 5) is 8.53. The van der Waals surface area contributed by atoms with Crippen LogP contribution in [0.15, 0.2) is 35.5 Å². The lowest BCUT2D eigenvalue weighted by molar-refractivity contribution is 0.848. The molecule has 0 aliphatic rings. The molecule has 1 atom stereocenters. The van der Waals surface area contributed by atoms with Crippen LogP contribution in [0.4, 0.5) is 5.82 Å². The summed E-state index contributed by atoms with van der Waals surface area (Å²) in [7, 11) is 0. The smallest absolute Gasteiger partial charge is 0.190 e. The second-order valence-electron chi connectivity index (χ2n) is 4.29. The molecule has 1 aromatic carbocycles. The number of hydrogen-bond donors (Lipinski definition) is 1. The average molecular weight is 294 g/mol. The summed E-state index contributed by atoms with van der Waals surface area (Å²) in [6, 6.07) is 10.2. The lowest BCUT2D eigenvalue weighted by atomic mass is 10.0. The molecule has 0 spiro atoms. The van der Waals surface area contributed by atoms with E-state index in [2.05, 4.69) is 41.3 Å². The van der Waals surface area contributed by atoms with Gasteiger partial charge in [0.2, 0.25) is 0 Å². The number of benzene rings is 1. The third-order valence-corrected chi connectivity index (χ3v) is 3.62. The van der Waals surface area contributed by atoms with E-state index in [0.717, 1.165) is 5.82 Å². The van der Waals surface area contributed by atoms with Gasteiger partial charge >= 0.3 is 0 Å². The molecule has 5 heteroatoms. The number of nitrogens with one attached hydrogen (secondary N) is 1. The molecular formula is C14H16ClN3S. The number of rotatable bonds is 4. The van der Waals surface area contributed by atoms with Crippen LogP contribution < -0.4 is 5.32 Å². The first-order chi connectivity index (χ1) is 9.10. The van der Waals surface area contributed by atoms with Gasteiger partial charge in [-0.05, 0) is 31.2 Å². The lowest BCUT2D eigenvalue weighted by Gasteiger charge is -2.17. The van der Waals surface area contributed by atoms with Crippen LogP contribution in [0.5, 0.6) is 0 Å². The maximum atomic E-state index is 5.99. The van der Waals surface area contributed by atoms with Crippen molar-refractivity contribution in [2.75, 3.05) is 11.6 Å². The zero-order valence-electron chi connectivity index (χ0n) is 11.1. The third kappa shape index (κ3) is 3.61. The standard InChI is InChI=1S/C14H16ClN3S/c1-9-6-4-5-7-11(9)10(2)16-13-8-12(15)17-14(18-13)19-3/h4-8,10H,1-3H3,(H,16,17,18). The Hall–Kier alpha value is -1.26. The van der Waals surface area contributed by atoms with Crippen molar-refractivity contribution in [1.29, 1.82) is 0 Å². The highest BCUT2D eigenvalue weighted by molar-refractivity contribution is 7.98. The molecule has 0 amide bonds. The molecule has 1 aromatic heterocycles. The molecule has 1 heterocycles. The zero-order chi connectivity index (χ0) is 13.8. The second kappa shape index (κ2) is 6.26. The van der Waals surface area contributed by atoms with E-state index in [1.807, 2.05) is 18.4 Å². The number of thioether (sulfide) groups is 1. The molecule has 0 bridgehead atoms. The number of nitrogens with zero attached hydrogens (tertiary/aromatic N) is 2. The second-order valence-corrected chi connectivity index (χ2v) is 5.45. The molecule has 0 aliphatic heterocycles. The molecule has 0 aliphatic carbocycles. The quantitative estimate of drug-likeness (QED) is 0.517. The van der Waals surface area contributed by atoms with E-state index in [1.54, 1.807) is 6.07 Å². The number of aryl methyl sites for hydroxylation is 1. The van der Waals surface area contributed by atoms with Crippen molar-refractivity contribution in [3.05, 3.63) is 46.6 Å². The Kier molecular flexibility index (Phi) is 4.66. The minimum Gasteiger partial charge on any atom is -0.363 e. The van der Waals surface area contributed by atoms with Gasteiger partial charge in [-0.25, -0.2) is 9.97 Å². The van der Waals surface area contributed by atoms with Crippen LogP contribution in [0.3, 0.4) is 0 Å².